The SMILES string of the molecule is CCOC(=O)c1cnc(N2CC[C@H](NC(=O)c3ncc[nH]3)[C@H](OCc3ccccc3)C2)s1. The normalized spacial score (nSPS) is 18.3. The van der Waals surface area contributed by atoms with Gasteiger partial charge in [0.2, 0.25) is 0 Å². The Morgan fingerprint density at radius 1 is 1.28 bits per heavy atom. The molecule has 1 aromatic carbocycles. The molecule has 1 aliphatic rings. The summed E-state index contributed by atoms with van der Waals surface area (Å²) in [5.74, 6) is -0.359. The largest absolute Gasteiger partial charge is 0.462 e. The van der Waals surface area contributed by atoms with Crippen LogP contribution < -0.4 is 10.2 Å². The summed E-state index contributed by atoms with van der Waals surface area (Å²) < 4.78 is 11.3. The summed E-state index contributed by atoms with van der Waals surface area (Å²) in [5, 5.41) is 3.78. The maximum Gasteiger partial charge on any atom is 0.350 e. The zero-order valence-corrected chi connectivity index (χ0v) is 18.5. The van der Waals surface area contributed by atoms with Crippen LogP contribution in [0.2, 0.25) is 0 Å². The van der Waals surface area contributed by atoms with Gasteiger partial charge in [-0.3, -0.25) is 4.79 Å². The average Bonchev–Trinajstić information content (AvgIpc) is 3.52. The van der Waals surface area contributed by atoms with Crippen molar-refractivity contribution in [3.63, 3.8) is 0 Å². The molecule has 0 aliphatic carbocycles. The fourth-order valence-corrected chi connectivity index (χ4v) is 4.38. The van der Waals surface area contributed by atoms with E-state index in [2.05, 4.69) is 25.2 Å². The van der Waals surface area contributed by atoms with Crippen molar-refractivity contribution < 1.29 is 19.1 Å². The number of thiazole rings is 1. The van der Waals surface area contributed by atoms with Gasteiger partial charge in [-0.1, -0.05) is 41.7 Å². The van der Waals surface area contributed by atoms with Crippen LogP contribution in [0.15, 0.2) is 48.9 Å². The van der Waals surface area contributed by atoms with Gasteiger partial charge in [0.25, 0.3) is 5.91 Å². The lowest BCUT2D eigenvalue weighted by atomic mass is 10.0. The number of hydrogen-bond donors (Lipinski definition) is 2. The first kappa shape index (κ1) is 22.0. The highest BCUT2D eigenvalue weighted by molar-refractivity contribution is 7.17. The van der Waals surface area contributed by atoms with Gasteiger partial charge in [-0.2, -0.15) is 0 Å². The fraction of sp³-hybridized carbons (Fsp3) is 0.364. The number of nitrogens with one attached hydrogen (secondary N) is 2. The predicted molar refractivity (Wildman–Crippen MR) is 120 cm³/mol. The van der Waals surface area contributed by atoms with E-state index in [0.717, 1.165) is 10.7 Å². The van der Waals surface area contributed by atoms with E-state index < -0.39 is 0 Å². The summed E-state index contributed by atoms with van der Waals surface area (Å²) in [6.45, 7) is 3.73. The smallest absolute Gasteiger partial charge is 0.350 e. The number of imidazole rings is 1. The number of aromatic amines is 1. The van der Waals surface area contributed by atoms with Crippen LogP contribution >= 0.6 is 11.3 Å². The summed E-state index contributed by atoms with van der Waals surface area (Å²) in [4.78, 5) is 38.4. The van der Waals surface area contributed by atoms with Gasteiger partial charge >= 0.3 is 5.97 Å². The number of amides is 1. The van der Waals surface area contributed by atoms with E-state index in [1.54, 1.807) is 25.5 Å². The Morgan fingerprint density at radius 2 is 2.12 bits per heavy atom. The number of ether oxygens (including phenoxy) is 2. The van der Waals surface area contributed by atoms with Crippen molar-refractivity contribution in [2.24, 2.45) is 0 Å². The highest BCUT2D eigenvalue weighted by Gasteiger charge is 2.33. The summed E-state index contributed by atoms with van der Waals surface area (Å²) >= 11 is 1.30. The summed E-state index contributed by atoms with van der Waals surface area (Å²) in [6.07, 6.45) is 5.11. The molecule has 10 heteroatoms. The third-order valence-electron chi connectivity index (χ3n) is 5.14. The van der Waals surface area contributed by atoms with Gasteiger partial charge in [0.15, 0.2) is 11.0 Å². The molecule has 168 valence electrons. The van der Waals surface area contributed by atoms with Crippen LogP contribution in [0.5, 0.6) is 0 Å². The van der Waals surface area contributed by atoms with Crippen molar-refractivity contribution in [2.45, 2.75) is 32.1 Å². The van der Waals surface area contributed by atoms with E-state index >= 15 is 0 Å². The number of rotatable bonds is 8. The van der Waals surface area contributed by atoms with E-state index in [1.807, 2.05) is 30.3 Å². The molecule has 2 atom stereocenters. The lowest BCUT2D eigenvalue weighted by Crippen LogP contribution is -2.55. The lowest BCUT2D eigenvalue weighted by molar-refractivity contribution is 0.00961. The minimum Gasteiger partial charge on any atom is -0.462 e. The Bertz CT molecular complexity index is 1020. The van der Waals surface area contributed by atoms with E-state index in [-0.39, 0.29) is 29.8 Å². The maximum absolute atomic E-state index is 12.5. The number of piperidine rings is 1. The van der Waals surface area contributed by atoms with Gasteiger partial charge in [0, 0.05) is 25.5 Å². The Labute approximate surface area is 189 Å². The van der Waals surface area contributed by atoms with E-state index in [0.29, 0.717) is 37.6 Å². The van der Waals surface area contributed by atoms with Crippen molar-refractivity contribution in [1.82, 2.24) is 20.3 Å². The molecule has 1 saturated heterocycles. The monoisotopic (exact) mass is 455 g/mol. The number of aromatic nitrogens is 3. The molecule has 3 heterocycles. The topological polar surface area (TPSA) is 109 Å². The number of benzene rings is 1. The molecular formula is C22H25N5O4S. The molecule has 3 aromatic rings. The first-order chi connectivity index (χ1) is 15.6. The molecule has 0 radical (unpaired) electrons. The third-order valence-corrected chi connectivity index (χ3v) is 6.17. The first-order valence-corrected chi connectivity index (χ1v) is 11.3. The van der Waals surface area contributed by atoms with Gasteiger partial charge in [-0.05, 0) is 18.9 Å². The van der Waals surface area contributed by atoms with Crippen LogP contribution in [-0.2, 0) is 16.1 Å². The molecule has 0 spiro atoms. The predicted octanol–water partition coefficient (Wildman–Crippen LogP) is 2.64. The van der Waals surface area contributed by atoms with E-state index in [9.17, 15) is 9.59 Å². The van der Waals surface area contributed by atoms with Crippen molar-refractivity contribution in [3.05, 3.63) is 65.2 Å². The zero-order chi connectivity index (χ0) is 22.3. The van der Waals surface area contributed by atoms with Crippen molar-refractivity contribution in [2.75, 3.05) is 24.6 Å². The Balaban J connectivity index is 1.46. The molecule has 0 saturated carbocycles. The second kappa shape index (κ2) is 10.4. The standard InChI is InChI=1S/C22H25N5O4S/c1-2-30-21(29)18-12-25-22(32-18)27-11-8-16(26-20(28)19-23-9-10-24-19)17(13-27)31-14-15-6-4-3-5-7-15/h3-7,9-10,12,16-17H,2,8,11,13-14H2,1H3,(H,23,24)(H,26,28)/t16-,17+/m0/s1. The summed E-state index contributed by atoms with van der Waals surface area (Å²) in [7, 11) is 0. The number of carbonyl (C=O) groups is 2. The Hall–Kier alpha value is -3.24. The molecule has 9 nitrogen and oxygen atoms in total. The lowest BCUT2D eigenvalue weighted by Gasteiger charge is -2.38. The van der Waals surface area contributed by atoms with Crippen molar-refractivity contribution in [3.8, 4) is 0 Å². The van der Waals surface area contributed by atoms with Crippen LogP contribution in [0, 0.1) is 0 Å². The van der Waals surface area contributed by atoms with Gasteiger partial charge in [-0.25, -0.2) is 14.8 Å². The maximum atomic E-state index is 12.5. The number of esters is 1. The minimum absolute atomic E-state index is 0.183. The third kappa shape index (κ3) is 5.32. The molecule has 32 heavy (non-hydrogen) atoms. The Kier molecular flexibility index (Phi) is 7.13. The summed E-state index contributed by atoms with van der Waals surface area (Å²) in [5.41, 5.74) is 1.06. The first-order valence-electron chi connectivity index (χ1n) is 10.5. The average molecular weight is 456 g/mol. The molecular weight excluding hydrogens is 430 g/mol. The van der Waals surface area contributed by atoms with E-state index in [4.69, 9.17) is 9.47 Å². The van der Waals surface area contributed by atoms with Gasteiger partial charge in [-0.15, -0.1) is 0 Å². The number of hydrogen-bond acceptors (Lipinski definition) is 8. The van der Waals surface area contributed by atoms with Gasteiger partial charge < -0.3 is 24.7 Å². The molecule has 1 aliphatic heterocycles. The Morgan fingerprint density at radius 3 is 2.88 bits per heavy atom. The molecule has 4 rings (SSSR count). The van der Waals surface area contributed by atoms with Crippen LogP contribution in [-0.4, -0.2) is 58.7 Å². The number of nitrogens with zero attached hydrogens (tertiary/aromatic N) is 3. The van der Waals surface area contributed by atoms with Crippen molar-refractivity contribution in [1.29, 1.82) is 0 Å². The van der Waals surface area contributed by atoms with Crippen LogP contribution in [0.3, 0.4) is 0 Å². The summed E-state index contributed by atoms with van der Waals surface area (Å²) in [6, 6.07) is 9.72. The highest BCUT2D eigenvalue weighted by atomic mass is 32.1. The molecule has 0 bridgehead atoms. The van der Waals surface area contributed by atoms with Crippen molar-refractivity contribution >= 4 is 28.3 Å². The molecule has 0 unspecified atom stereocenters. The van der Waals surface area contributed by atoms with Gasteiger partial charge in [0.05, 0.1) is 31.6 Å². The van der Waals surface area contributed by atoms with Crippen LogP contribution in [0.1, 0.15) is 39.2 Å². The molecule has 1 amide bonds. The van der Waals surface area contributed by atoms with E-state index in [1.165, 1.54) is 11.3 Å². The highest BCUT2D eigenvalue weighted by Crippen LogP contribution is 2.27. The van der Waals surface area contributed by atoms with Crippen LogP contribution in [0.25, 0.3) is 0 Å². The number of H-pyrrole nitrogens is 1. The quantitative estimate of drug-likeness (QED) is 0.503. The molecule has 1 fully saturated rings. The van der Waals surface area contributed by atoms with Gasteiger partial charge in [0.1, 0.15) is 4.88 Å². The van der Waals surface area contributed by atoms with Crippen LogP contribution in [0.4, 0.5) is 5.13 Å². The number of carbonyl (C=O) groups excluding carboxylic acids is 2. The second-order valence-electron chi connectivity index (χ2n) is 7.32. The second-order valence-corrected chi connectivity index (χ2v) is 8.32. The fourth-order valence-electron chi connectivity index (χ4n) is 3.54. The minimum atomic E-state index is -0.367. The number of anilines is 1. The zero-order valence-electron chi connectivity index (χ0n) is 17.7. The molecule has 2 aromatic heterocycles. The molecule has 2 N–H and O–H groups in total.